The summed E-state index contributed by atoms with van der Waals surface area (Å²) < 4.78 is 18.4. The second kappa shape index (κ2) is 8.44. The minimum atomic E-state index is -1.22. The smallest absolute Gasteiger partial charge is 0.242 e. The van der Waals surface area contributed by atoms with Crippen LogP contribution in [-0.4, -0.2) is 46.6 Å². The monoisotopic (exact) mass is 323 g/mol. The number of carbonyl (C=O) groups is 1. The number of hydrogen-bond donors (Lipinski definition) is 0. The first-order valence-corrected chi connectivity index (χ1v) is 9.27. The Bertz CT molecular complexity index is 496. The van der Waals surface area contributed by atoms with Crippen LogP contribution < -0.4 is 0 Å². The van der Waals surface area contributed by atoms with Crippen LogP contribution in [0.2, 0.25) is 0 Å². The first kappa shape index (κ1) is 17.2. The van der Waals surface area contributed by atoms with Crippen molar-refractivity contribution in [2.24, 2.45) is 0 Å². The topological polar surface area (TPSA) is 46.6 Å². The molecule has 0 aromatic heterocycles. The van der Waals surface area contributed by atoms with Gasteiger partial charge in [0.05, 0.1) is 0 Å². The van der Waals surface area contributed by atoms with E-state index in [-0.39, 0.29) is 11.2 Å². The standard InChI is InChI=1S/C17H25NO3S/c1-3-18(4-2)17(19)16(14-8-6-5-7-9-14)22(20)15-10-12-21-13-11-15/h5-9,15-16H,3-4,10-13H2,1-2H3/t16-,22-/m1/s1. The van der Waals surface area contributed by atoms with Crippen molar-refractivity contribution < 1.29 is 13.7 Å². The number of amides is 1. The summed E-state index contributed by atoms with van der Waals surface area (Å²) >= 11 is 0. The van der Waals surface area contributed by atoms with E-state index in [0.29, 0.717) is 26.3 Å². The van der Waals surface area contributed by atoms with E-state index in [9.17, 15) is 9.00 Å². The zero-order valence-electron chi connectivity index (χ0n) is 13.4. The second-order valence-electron chi connectivity index (χ2n) is 5.44. The van der Waals surface area contributed by atoms with Gasteiger partial charge in [-0.15, -0.1) is 0 Å². The molecular weight excluding hydrogens is 298 g/mol. The van der Waals surface area contributed by atoms with Gasteiger partial charge in [0.25, 0.3) is 0 Å². The molecule has 2 atom stereocenters. The zero-order valence-corrected chi connectivity index (χ0v) is 14.2. The van der Waals surface area contributed by atoms with Gasteiger partial charge in [-0.1, -0.05) is 30.3 Å². The summed E-state index contributed by atoms with van der Waals surface area (Å²) in [6.45, 7) is 6.48. The maximum atomic E-state index is 13.1. The normalized spacial score (nSPS) is 18.6. The highest BCUT2D eigenvalue weighted by Gasteiger charge is 2.35. The van der Waals surface area contributed by atoms with Crippen molar-refractivity contribution in [3.05, 3.63) is 35.9 Å². The number of rotatable bonds is 6. The molecule has 1 fully saturated rings. The molecule has 1 aliphatic rings. The van der Waals surface area contributed by atoms with Crippen LogP contribution in [-0.2, 0) is 20.3 Å². The van der Waals surface area contributed by atoms with E-state index < -0.39 is 16.0 Å². The molecule has 0 radical (unpaired) electrons. The fraction of sp³-hybridized carbons (Fsp3) is 0.588. The third kappa shape index (κ3) is 3.96. The highest BCUT2D eigenvalue weighted by atomic mass is 32.2. The van der Waals surface area contributed by atoms with Crippen molar-refractivity contribution in [2.75, 3.05) is 26.3 Å². The number of hydrogen-bond acceptors (Lipinski definition) is 3. The van der Waals surface area contributed by atoms with Gasteiger partial charge in [0.2, 0.25) is 5.91 Å². The van der Waals surface area contributed by atoms with E-state index >= 15 is 0 Å². The molecule has 1 aliphatic heterocycles. The lowest BCUT2D eigenvalue weighted by Gasteiger charge is -2.29. The molecule has 0 aliphatic carbocycles. The fourth-order valence-corrected chi connectivity index (χ4v) is 4.62. The van der Waals surface area contributed by atoms with Crippen LogP contribution in [0, 0.1) is 0 Å². The molecule has 0 saturated carbocycles. The minimum Gasteiger partial charge on any atom is -0.381 e. The van der Waals surface area contributed by atoms with Gasteiger partial charge in [0.15, 0.2) is 0 Å². The molecule has 4 nitrogen and oxygen atoms in total. The molecule has 0 spiro atoms. The lowest BCUT2D eigenvalue weighted by atomic mass is 10.1. The molecular formula is C17H25NO3S. The SMILES string of the molecule is CCN(CC)C(=O)[C@@H](c1ccccc1)[S@](=O)C1CCOCC1. The van der Waals surface area contributed by atoms with Crippen molar-refractivity contribution in [1.29, 1.82) is 0 Å². The largest absolute Gasteiger partial charge is 0.381 e. The van der Waals surface area contributed by atoms with E-state index in [4.69, 9.17) is 4.74 Å². The van der Waals surface area contributed by atoms with Crippen molar-refractivity contribution in [3.8, 4) is 0 Å². The van der Waals surface area contributed by atoms with Gasteiger partial charge < -0.3 is 9.64 Å². The summed E-state index contributed by atoms with van der Waals surface area (Å²) in [6.07, 6.45) is 1.53. The van der Waals surface area contributed by atoms with Crippen LogP contribution in [0.1, 0.15) is 37.5 Å². The van der Waals surface area contributed by atoms with Crippen LogP contribution in [0.25, 0.3) is 0 Å². The molecule has 122 valence electrons. The molecule has 22 heavy (non-hydrogen) atoms. The minimum absolute atomic E-state index is 0.0268. The number of carbonyl (C=O) groups excluding carboxylic acids is 1. The van der Waals surface area contributed by atoms with E-state index in [2.05, 4.69) is 0 Å². The van der Waals surface area contributed by atoms with Gasteiger partial charge in [-0.3, -0.25) is 9.00 Å². The number of nitrogens with zero attached hydrogens (tertiary/aromatic N) is 1. The summed E-state index contributed by atoms with van der Waals surface area (Å²) in [7, 11) is -1.22. The van der Waals surface area contributed by atoms with Crippen molar-refractivity contribution >= 4 is 16.7 Å². The summed E-state index contributed by atoms with van der Waals surface area (Å²) in [6, 6.07) is 9.53. The maximum absolute atomic E-state index is 13.1. The predicted molar refractivity (Wildman–Crippen MR) is 89.1 cm³/mol. The lowest BCUT2D eigenvalue weighted by molar-refractivity contribution is -0.130. The Balaban J connectivity index is 2.28. The van der Waals surface area contributed by atoms with Crippen LogP contribution in [0.5, 0.6) is 0 Å². The number of ether oxygens (including phenoxy) is 1. The maximum Gasteiger partial charge on any atom is 0.242 e. The van der Waals surface area contributed by atoms with Crippen LogP contribution in [0.15, 0.2) is 30.3 Å². The summed E-state index contributed by atoms with van der Waals surface area (Å²) in [5.41, 5.74) is 0.851. The Morgan fingerprint density at radius 2 is 1.82 bits per heavy atom. The summed E-state index contributed by atoms with van der Waals surface area (Å²) in [4.78, 5) is 14.7. The molecule has 2 rings (SSSR count). The first-order chi connectivity index (χ1) is 10.7. The predicted octanol–water partition coefficient (Wildman–Crippen LogP) is 2.52. The fourth-order valence-electron chi connectivity index (χ4n) is 2.81. The number of benzene rings is 1. The quantitative estimate of drug-likeness (QED) is 0.808. The Morgan fingerprint density at radius 1 is 1.23 bits per heavy atom. The molecule has 0 unspecified atom stereocenters. The van der Waals surface area contributed by atoms with Gasteiger partial charge in [-0.2, -0.15) is 0 Å². The molecule has 1 saturated heterocycles. The average molecular weight is 323 g/mol. The molecule has 1 amide bonds. The third-order valence-electron chi connectivity index (χ3n) is 4.13. The number of likely N-dealkylation sites (N-methyl/N-ethyl adjacent to an activating group) is 1. The molecule has 1 aromatic carbocycles. The molecule has 5 heteroatoms. The van der Waals surface area contributed by atoms with Crippen LogP contribution in [0.3, 0.4) is 0 Å². The van der Waals surface area contributed by atoms with Crippen molar-refractivity contribution in [3.63, 3.8) is 0 Å². The zero-order chi connectivity index (χ0) is 15.9. The van der Waals surface area contributed by atoms with Gasteiger partial charge in [0, 0.05) is 42.4 Å². The molecule has 0 N–H and O–H groups in total. The lowest BCUT2D eigenvalue weighted by Crippen LogP contribution is -2.39. The van der Waals surface area contributed by atoms with Crippen LogP contribution in [0.4, 0.5) is 0 Å². The Labute approximate surface area is 135 Å². The molecule has 1 heterocycles. The summed E-state index contributed by atoms with van der Waals surface area (Å²) in [5.74, 6) is -0.0268. The Kier molecular flexibility index (Phi) is 6.58. The second-order valence-corrected chi connectivity index (χ2v) is 7.24. The third-order valence-corrected chi connectivity index (χ3v) is 6.20. The highest BCUT2D eigenvalue weighted by Crippen LogP contribution is 2.28. The molecule has 0 bridgehead atoms. The van der Waals surface area contributed by atoms with Gasteiger partial charge in [-0.05, 0) is 32.3 Å². The van der Waals surface area contributed by atoms with Crippen molar-refractivity contribution in [2.45, 2.75) is 37.2 Å². The van der Waals surface area contributed by atoms with Gasteiger partial charge >= 0.3 is 0 Å². The van der Waals surface area contributed by atoms with E-state index in [1.165, 1.54) is 0 Å². The van der Waals surface area contributed by atoms with Gasteiger partial charge in [0.1, 0.15) is 5.25 Å². The van der Waals surface area contributed by atoms with Crippen molar-refractivity contribution in [1.82, 2.24) is 4.90 Å². The highest BCUT2D eigenvalue weighted by molar-refractivity contribution is 7.86. The average Bonchev–Trinajstić information content (AvgIpc) is 2.58. The van der Waals surface area contributed by atoms with E-state index in [1.54, 1.807) is 4.90 Å². The summed E-state index contributed by atoms with van der Waals surface area (Å²) in [5, 5.41) is -0.525. The Hall–Kier alpha value is -1.20. The van der Waals surface area contributed by atoms with E-state index in [1.807, 2.05) is 44.2 Å². The first-order valence-electron chi connectivity index (χ1n) is 7.99. The van der Waals surface area contributed by atoms with Crippen LogP contribution >= 0.6 is 0 Å². The van der Waals surface area contributed by atoms with Gasteiger partial charge in [-0.25, -0.2) is 0 Å². The Morgan fingerprint density at radius 3 is 2.36 bits per heavy atom. The van der Waals surface area contributed by atoms with E-state index in [0.717, 1.165) is 18.4 Å². The molecule has 1 aromatic rings.